The highest BCUT2D eigenvalue weighted by atomic mass is 35.5. The third kappa shape index (κ3) is 7.26. The van der Waals surface area contributed by atoms with Gasteiger partial charge in [-0.05, 0) is 36.9 Å². The van der Waals surface area contributed by atoms with Crippen LogP contribution in [0.4, 0.5) is 11.4 Å². The van der Waals surface area contributed by atoms with Crippen molar-refractivity contribution in [1.82, 2.24) is 4.90 Å². The van der Waals surface area contributed by atoms with Crippen molar-refractivity contribution in [3.05, 3.63) is 52.5 Å². The highest BCUT2D eigenvalue weighted by Gasteiger charge is 2.15. The van der Waals surface area contributed by atoms with E-state index in [9.17, 15) is 18.0 Å². The molecular formula is C19H22Cl2N4O4S. The van der Waals surface area contributed by atoms with Crippen LogP contribution in [-0.4, -0.2) is 44.8 Å². The average Bonchev–Trinajstić information content (AvgIpc) is 2.67. The maximum absolute atomic E-state index is 12.3. The van der Waals surface area contributed by atoms with Crippen molar-refractivity contribution in [3.8, 4) is 0 Å². The molecule has 2 aromatic rings. The molecule has 4 N–H and O–H groups in total. The molecule has 11 heteroatoms. The number of hydrogen-bond acceptors (Lipinski definition) is 5. The second-order valence-electron chi connectivity index (χ2n) is 6.38. The number of sulfonamides is 1. The second-order valence-corrected chi connectivity index (χ2v) is 8.76. The number of benzene rings is 2. The zero-order chi connectivity index (χ0) is 22.3. The highest BCUT2D eigenvalue weighted by molar-refractivity contribution is 7.89. The number of primary sulfonamides is 1. The Balaban J connectivity index is 1.89. The van der Waals surface area contributed by atoms with Crippen molar-refractivity contribution in [2.75, 3.05) is 30.3 Å². The summed E-state index contributed by atoms with van der Waals surface area (Å²) in [7, 11) is -3.86. The molecule has 0 aliphatic rings. The van der Waals surface area contributed by atoms with Crippen molar-refractivity contribution < 1.29 is 18.0 Å². The molecule has 0 saturated heterocycles. The maximum Gasteiger partial charge on any atom is 0.238 e. The van der Waals surface area contributed by atoms with Crippen LogP contribution < -0.4 is 15.8 Å². The fourth-order valence-corrected chi connectivity index (χ4v) is 3.63. The summed E-state index contributed by atoms with van der Waals surface area (Å²) in [5, 5.41) is 11.1. The van der Waals surface area contributed by atoms with E-state index < -0.39 is 10.0 Å². The lowest BCUT2D eigenvalue weighted by Crippen LogP contribution is -2.35. The van der Waals surface area contributed by atoms with Crippen LogP contribution in [-0.2, 0) is 19.6 Å². The molecule has 162 valence electrons. The molecule has 0 saturated carbocycles. The van der Waals surface area contributed by atoms with Gasteiger partial charge in [-0.15, -0.1) is 0 Å². The molecule has 0 atom stereocenters. The van der Waals surface area contributed by atoms with Crippen LogP contribution in [0.3, 0.4) is 0 Å². The number of anilines is 2. The van der Waals surface area contributed by atoms with Gasteiger partial charge in [0, 0.05) is 18.7 Å². The molecule has 0 bridgehead atoms. The standard InChI is InChI=1S/C19H22Cl2N4O4S/c1-2-25(12-18(27)24-19-15(20)7-4-8-16(19)21)10-9-17(26)23-13-5-3-6-14(11-13)30(22,28)29/h3-8,11H,2,9-10,12H2,1H3,(H,23,26)(H,24,27)(H2,22,28,29). The lowest BCUT2D eigenvalue weighted by Gasteiger charge is -2.20. The third-order valence-corrected chi connectivity index (χ3v) is 5.68. The number of carbonyl (C=O) groups excluding carboxylic acids is 2. The molecule has 8 nitrogen and oxygen atoms in total. The van der Waals surface area contributed by atoms with Crippen molar-refractivity contribution >= 4 is 56.4 Å². The summed E-state index contributed by atoms with van der Waals surface area (Å²) in [6.45, 7) is 2.77. The summed E-state index contributed by atoms with van der Waals surface area (Å²) in [5.74, 6) is -0.636. The number of hydrogen-bond donors (Lipinski definition) is 3. The van der Waals surface area contributed by atoms with Crippen LogP contribution in [0.25, 0.3) is 0 Å². The monoisotopic (exact) mass is 472 g/mol. The predicted molar refractivity (Wildman–Crippen MR) is 118 cm³/mol. The van der Waals surface area contributed by atoms with E-state index in [4.69, 9.17) is 28.3 Å². The number of amides is 2. The van der Waals surface area contributed by atoms with Crippen LogP contribution in [0.15, 0.2) is 47.4 Å². The van der Waals surface area contributed by atoms with Crippen molar-refractivity contribution in [2.24, 2.45) is 5.14 Å². The quantitative estimate of drug-likeness (QED) is 0.517. The summed E-state index contributed by atoms with van der Waals surface area (Å²) >= 11 is 12.1. The minimum absolute atomic E-state index is 0.0479. The number of nitrogens with two attached hydrogens (primary N) is 1. The Kier molecular flexibility index (Phi) is 8.63. The SMILES string of the molecule is CCN(CCC(=O)Nc1cccc(S(N)(=O)=O)c1)CC(=O)Nc1c(Cl)cccc1Cl. The Morgan fingerprint density at radius 1 is 1.03 bits per heavy atom. The third-order valence-electron chi connectivity index (χ3n) is 4.14. The molecule has 30 heavy (non-hydrogen) atoms. The number of rotatable bonds is 9. The maximum atomic E-state index is 12.3. The molecule has 0 radical (unpaired) electrons. The van der Waals surface area contributed by atoms with Crippen molar-refractivity contribution in [1.29, 1.82) is 0 Å². The van der Waals surface area contributed by atoms with Crippen LogP contribution in [0, 0.1) is 0 Å². The summed E-state index contributed by atoms with van der Waals surface area (Å²) in [5.41, 5.74) is 0.662. The molecular weight excluding hydrogens is 451 g/mol. The fraction of sp³-hybridized carbons (Fsp3) is 0.263. The summed E-state index contributed by atoms with van der Waals surface area (Å²) in [4.78, 5) is 26.2. The Morgan fingerprint density at radius 2 is 1.67 bits per heavy atom. The molecule has 0 aromatic heterocycles. The number of para-hydroxylation sites is 1. The first-order valence-corrected chi connectivity index (χ1v) is 11.3. The zero-order valence-corrected chi connectivity index (χ0v) is 18.5. The topological polar surface area (TPSA) is 122 Å². The number of nitrogens with zero attached hydrogens (tertiary/aromatic N) is 1. The predicted octanol–water partition coefficient (Wildman–Crippen LogP) is 2.93. The number of nitrogens with one attached hydrogen (secondary N) is 2. The first kappa shape index (κ1) is 24.1. The van der Waals surface area contributed by atoms with Gasteiger partial charge in [0.05, 0.1) is 27.2 Å². The number of carbonyl (C=O) groups is 2. The Labute approximate surface area is 185 Å². The molecule has 0 aliphatic carbocycles. The van der Waals surface area contributed by atoms with E-state index in [1.54, 1.807) is 29.2 Å². The molecule has 2 amide bonds. The molecule has 0 heterocycles. The van der Waals surface area contributed by atoms with Crippen LogP contribution >= 0.6 is 23.2 Å². The molecule has 0 fully saturated rings. The van der Waals surface area contributed by atoms with Crippen LogP contribution in [0.5, 0.6) is 0 Å². The van der Waals surface area contributed by atoms with Gasteiger partial charge in [0.2, 0.25) is 21.8 Å². The molecule has 0 unspecified atom stereocenters. The first-order chi connectivity index (χ1) is 14.1. The van der Waals surface area contributed by atoms with Gasteiger partial charge >= 0.3 is 0 Å². The van der Waals surface area contributed by atoms with Gasteiger partial charge in [-0.2, -0.15) is 0 Å². The molecule has 0 spiro atoms. The smallest absolute Gasteiger partial charge is 0.238 e. The summed E-state index contributed by atoms with van der Waals surface area (Å²) in [6.07, 6.45) is 0.105. The Morgan fingerprint density at radius 3 is 2.27 bits per heavy atom. The van der Waals surface area contributed by atoms with E-state index >= 15 is 0 Å². The van der Waals surface area contributed by atoms with Gasteiger partial charge in [-0.3, -0.25) is 14.5 Å². The lowest BCUT2D eigenvalue weighted by atomic mass is 10.3. The van der Waals surface area contributed by atoms with Crippen molar-refractivity contribution in [2.45, 2.75) is 18.2 Å². The number of halogens is 2. The second kappa shape index (κ2) is 10.7. The van der Waals surface area contributed by atoms with E-state index in [1.807, 2.05) is 6.92 Å². The largest absolute Gasteiger partial charge is 0.326 e. The average molecular weight is 473 g/mol. The van der Waals surface area contributed by atoms with Crippen LogP contribution in [0.2, 0.25) is 10.0 Å². The van der Waals surface area contributed by atoms with E-state index in [-0.39, 0.29) is 29.7 Å². The molecule has 0 aliphatic heterocycles. The van der Waals surface area contributed by atoms with Crippen molar-refractivity contribution in [3.63, 3.8) is 0 Å². The van der Waals surface area contributed by atoms with Gasteiger partial charge in [0.15, 0.2) is 0 Å². The van der Waals surface area contributed by atoms with Gasteiger partial charge < -0.3 is 10.6 Å². The van der Waals surface area contributed by atoms with Gasteiger partial charge in [-0.1, -0.05) is 42.3 Å². The Bertz CT molecular complexity index is 1010. The van der Waals surface area contributed by atoms with E-state index in [0.717, 1.165) is 0 Å². The van der Waals surface area contributed by atoms with E-state index in [1.165, 1.54) is 18.2 Å². The summed E-state index contributed by atoms with van der Waals surface area (Å²) in [6, 6.07) is 10.6. The minimum atomic E-state index is -3.86. The molecule has 2 rings (SSSR count). The minimum Gasteiger partial charge on any atom is -0.326 e. The molecule has 2 aromatic carbocycles. The van der Waals surface area contributed by atoms with Gasteiger partial charge in [0.1, 0.15) is 0 Å². The van der Waals surface area contributed by atoms with Gasteiger partial charge in [0.25, 0.3) is 0 Å². The van der Waals surface area contributed by atoms with Gasteiger partial charge in [-0.25, -0.2) is 13.6 Å². The zero-order valence-electron chi connectivity index (χ0n) is 16.2. The van der Waals surface area contributed by atoms with E-state index in [2.05, 4.69) is 10.6 Å². The Hall–Kier alpha value is -2.17. The number of likely N-dealkylation sites (N-methyl/N-ethyl adjacent to an activating group) is 1. The summed E-state index contributed by atoms with van der Waals surface area (Å²) < 4.78 is 22.8. The normalized spacial score (nSPS) is 11.4. The lowest BCUT2D eigenvalue weighted by molar-refractivity contribution is -0.119. The van der Waals surface area contributed by atoms with E-state index in [0.29, 0.717) is 34.5 Å². The fourth-order valence-electron chi connectivity index (χ4n) is 2.58. The first-order valence-electron chi connectivity index (χ1n) is 8.99. The van der Waals surface area contributed by atoms with Crippen LogP contribution in [0.1, 0.15) is 13.3 Å². The highest BCUT2D eigenvalue weighted by Crippen LogP contribution is 2.29.